The van der Waals surface area contributed by atoms with Gasteiger partial charge in [0.15, 0.2) is 0 Å². The highest BCUT2D eigenvalue weighted by Crippen LogP contribution is 2.59. The lowest BCUT2D eigenvalue weighted by molar-refractivity contribution is 0.210. The summed E-state index contributed by atoms with van der Waals surface area (Å²) in [5.74, 6) is -1.14. The molecule has 2 aromatic rings. The molecule has 2 aromatic carbocycles. The van der Waals surface area contributed by atoms with Gasteiger partial charge in [0.1, 0.15) is 5.78 Å². The summed E-state index contributed by atoms with van der Waals surface area (Å²) in [6, 6.07) is 15.1. The fourth-order valence-corrected chi connectivity index (χ4v) is 6.05. The van der Waals surface area contributed by atoms with E-state index in [9.17, 15) is 13.0 Å². The maximum Gasteiger partial charge on any atom is 0.352 e. The summed E-state index contributed by atoms with van der Waals surface area (Å²) in [7, 11) is -7.69. The molecule has 0 aliphatic heterocycles. The van der Waals surface area contributed by atoms with Crippen molar-refractivity contribution in [3.05, 3.63) is 65.7 Å². The average Bonchev–Trinajstić information content (AvgIpc) is 2.61. The van der Waals surface area contributed by atoms with E-state index in [0.29, 0.717) is 5.56 Å². The highest BCUT2D eigenvalue weighted by atomic mass is 32.2. The van der Waals surface area contributed by atoms with E-state index in [-0.39, 0.29) is 18.1 Å². The van der Waals surface area contributed by atoms with Crippen molar-refractivity contribution in [3.8, 4) is 0 Å². The van der Waals surface area contributed by atoms with Gasteiger partial charge >= 0.3 is 7.60 Å². The molecule has 2 rings (SSSR count). The van der Waals surface area contributed by atoms with Crippen LogP contribution in [0, 0.1) is 6.92 Å². The van der Waals surface area contributed by atoms with Crippen molar-refractivity contribution >= 4 is 17.6 Å². The van der Waals surface area contributed by atoms with Crippen LogP contribution in [0.15, 0.2) is 59.5 Å². The zero-order valence-electron chi connectivity index (χ0n) is 15.1. The zero-order valence-corrected chi connectivity index (χ0v) is 16.8. The second kappa shape index (κ2) is 8.93. The summed E-state index contributed by atoms with van der Waals surface area (Å²) in [4.78, 5) is 0.0866. The second-order valence-electron chi connectivity index (χ2n) is 5.62. The van der Waals surface area contributed by atoms with Crippen LogP contribution in [-0.2, 0) is 23.6 Å². The molecule has 0 fully saturated rings. The maximum absolute atomic E-state index is 13.3. The summed E-state index contributed by atoms with van der Waals surface area (Å²) >= 11 is 0. The van der Waals surface area contributed by atoms with Gasteiger partial charge in [0.2, 0.25) is 10.0 Å². The molecule has 0 heterocycles. The molecule has 26 heavy (non-hydrogen) atoms. The highest BCUT2D eigenvalue weighted by Gasteiger charge is 2.40. The fourth-order valence-electron chi connectivity index (χ4n) is 2.43. The Morgan fingerprint density at radius 1 is 0.962 bits per heavy atom. The fraction of sp³-hybridized carbons (Fsp3) is 0.333. The average molecular weight is 397 g/mol. The van der Waals surface area contributed by atoms with Gasteiger partial charge in [-0.3, -0.25) is 4.57 Å². The van der Waals surface area contributed by atoms with Crippen molar-refractivity contribution in [1.29, 1.82) is 0 Å². The highest BCUT2D eigenvalue weighted by molar-refractivity contribution is 7.89. The van der Waals surface area contributed by atoms with Crippen LogP contribution >= 0.6 is 7.60 Å². The Morgan fingerprint density at radius 3 is 2.00 bits per heavy atom. The molecule has 0 amide bonds. The molecular weight excluding hydrogens is 373 g/mol. The molecule has 0 saturated heterocycles. The van der Waals surface area contributed by atoms with Crippen LogP contribution in [0.3, 0.4) is 0 Å². The smallest absolute Gasteiger partial charge is 0.308 e. The molecule has 0 saturated carbocycles. The first-order valence-electron chi connectivity index (χ1n) is 8.35. The minimum Gasteiger partial charge on any atom is -0.308 e. The van der Waals surface area contributed by atoms with Gasteiger partial charge in [-0.1, -0.05) is 48.0 Å². The summed E-state index contributed by atoms with van der Waals surface area (Å²) in [5.41, 5.74) is 1.45. The Kier molecular flexibility index (Phi) is 7.15. The molecule has 1 atom stereocenters. The predicted molar refractivity (Wildman–Crippen MR) is 102 cm³/mol. The minimum atomic E-state index is -3.93. The molecule has 0 aromatic heterocycles. The van der Waals surface area contributed by atoms with Crippen molar-refractivity contribution in [2.45, 2.75) is 31.4 Å². The SMILES string of the molecule is CCOP(=O)(OCC)C(NS(=O)(=O)c1ccc(C)cc1)c1ccccc1. The first kappa shape index (κ1) is 20.8. The molecule has 0 spiro atoms. The van der Waals surface area contributed by atoms with Crippen LogP contribution < -0.4 is 4.72 Å². The van der Waals surface area contributed by atoms with E-state index in [4.69, 9.17) is 9.05 Å². The Labute approximate surface area is 155 Å². The molecule has 0 aliphatic carbocycles. The van der Waals surface area contributed by atoms with E-state index in [1.54, 1.807) is 56.3 Å². The van der Waals surface area contributed by atoms with Gasteiger partial charge in [0.05, 0.1) is 18.1 Å². The van der Waals surface area contributed by atoms with E-state index in [1.165, 1.54) is 12.1 Å². The summed E-state index contributed by atoms with van der Waals surface area (Å²) in [6.45, 7) is 5.50. The van der Waals surface area contributed by atoms with Crippen LogP contribution in [0.25, 0.3) is 0 Å². The number of nitrogens with one attached hydrogen (secondary N) is 1. The first-order valence-corrected chi connectivity index (χ1v) is 11.4. The van der Waals surface area contributed by atoms with Gasteiger partial charge in [-0.25, -0.2) is 8.42 Å². The van der Waals surface area contributed by atoms with Gasteiger partial charge in [0.25, 0.3) is 0 Å². The van der Waals surface area contributed by atoms with Gasteiger partial charge in [-0.2, -0.15) is 4.72 Å². The molecule has 0 bridgehead atoms. The first-order chi connectivity index (χ1) is 12.3. The normalized spacial score (nSPS) is 13.5. The lowest BCUT2D eigenvalue weighted by Crippen LogP contribution is -2.30. The standard InChI is InChI=1S/C18H24NO5PS/c1-4-23-25(20,24-5-2)18(16-9-7-6-8-10-16)19-26(21,22)17-13-11-15(3)12-14-17/h6-14,18-19H,4-5H2,1-3H3. The predicted octanol–water partition coefficient (Wildman–Crippen LogP) is 4.24. The lowest BCUT2D eigenvalue weighted by atomic mass is 10.2. The monoisotopic (exact) mass is 397 g/mol. The summed E-state index contributed by atoms with van der Waals surface area (Å²) in [6.07, 6.45) is 0. The van der Waals surface area contributed by atoms with Crippen LogP contribution in [-0.4, -0.2) is 21.6 Å². The Balaban J connectivity index is 2.47. The zero-order chi connectivity index (χ0) is 19.2. The van der Waals surface area contributed by atoms with Crippen LogP contribution in [0.4, 0.5) is 0 Å². The number of benzene rings is 2. The number of aryl methyl sites for hydroxylation is 1. The number of sulfonamides is 1. The third kappa shape index (κ3) is 5.02. The third-order valence-corrected chi connectivity index (χ3v) is 7.56. The van der Waals surface area contributed by atoms with Gasteiger partial charge in [0, 0.05) is 0 Å². The van der Waals surface area contributed by atoms with Crippen molar-refractivity contribution in [2.75, 3.05) is 13.2 Å². The Morgan fingerprint density at radius 2 is 1.50 bits per heavy atom. The van der Waals surface area contributed by atoms with Crippen LogP contribution in [0.2, 0.25) is 0 Å². The van der Waals surface area contributed by atoms with Crippen molar-refractivity contribution in [2.24, 2.45) is 0 Å². The number of hydrogen-bond donors (Lipinski definition) is 1. The lowest BCUT2D eigenvalue weighted by Gasteiger charge is -2.27. The van der Waals surface area contributed by atoms with E-state index in [1.807, 2.05) is 6.92 Å². The topological polar surface area (TPSA) is 81.7 Å². The van der Waals surface area contributed by atoms with Crippen LogP contribution in [0.5, 0.6) is 0 Å². The van der Waals surface area contributed by atoms with E-state index >= 15 is 0 Å². The van der Waals surface area contributed by atoms with Crippen molar-refractivity contribution in [3.63, 3.8) is 0 Å². The van der Waals surface area contributed by atoms with Crippen LogP contribution in [0.1, 0.15) is 30.8 Å². The van der Waals surface area contributed by atoms with E-state index in [0.717, 1.165) is 5.56 Å². The quantitative estimate of drug-likeness (QED) is 0.640. The molecule has 6 nitrogen and oxygen atoms in total. The molecule has 0 radical (unpaired) electrons. The minimum absolute atomic E-state index is 0.0866. The molecule has 0 aliphatic rings. The Bertz CT molecular complexity index is 843. The number of hydrogen-bond acceptors (Lipinski definition) is 5. The number of rotatable bonds is 9. The maximum atomic E-state index is 13.3. The summed E-state index contributed by atoms with van der Waals surface area (Å²) in [5, 5.41) is 0. The Hall–Kier alpha value is -1.50. The van der Waals surface area contributed by atoms with Crippen molar-refractivity contribution < 1.29 is 22.0 Å². The van der Waals surface area contributed by atoms with Crippen molar-refractivity contribution in [1.82, 2.24) is 4.72 Å². The van der Waals surface area contributed by atoms with Gasteiger partial charge in [-0.05, 0) is 38.5 Å². The molecule has 142 valence electrons. The largest absolute Gasteiger partial charge is 0.352 e. The van der Waals surface area contributed by atoms with E-state index in [2.05, 4.69) is 4.72 Å². The molecule has 1 unspecified atom stereocenters. The van der Waals surface area contributed by atoms with E-state index < -0.39 is 23.4 Å². The molecule has 1 N–H and O–H groups in total. The molecular formula is C18H24NO5PS. The van der Waals surface area contributed by atoms with Gasteiger partial charge < -0.3 is 9.05 Å². The second-order valence-corrected chi connectivity index (χ2v) is 9.45. The summed E-state index contributed by atoms with van der Waals surface area (Å²) < 4.78 is 52.3. The molecule has 8 heteroatoms. The van der Waals surface area contributed by atoms with Gasteiger partial charge in [-0.15, -0.1) is 0 Å². The third-order valence-electron chi connectivity index (χ3n) is 3.65.